The maximum Gasteiger partial charge on any atom is 0.416 e. The van der Waals surface area contributed by atoms with Gasteiger partial charge in [-0.3, -0.25) is 14.5 Å². The van der Waals surface area contributed by atoms with E-state index in [-0.39, 0.29) is 22.9 Å². The molecule has 2 fully saturated rings. The first-order chi connectivity index (χ1) is 14.8. The molecule has 1 atom stereocenters. The number of alkyl halides is 3. The number of rotatable bonds is 3. The number of halogens is 3. The van der Waals surface area contributed by atoms with Crippen molar-refractivity contribution < 1.29 is 27.5 Å². The van der Waals surface area contributed by atoms with Gasteiger partial charge in [-0.2, -0.15) is 23.4 Å². The number of piperazine rings is 1. The highest BCUT2D eigenvalue weighted by atomic mass is 19.4. The van der Waals surface area contributed by atoms with Gasteiger partial charge in [0.1, 0.15) is 0 Å². The lowest BCUT2D eigenvalue weighted by Gasteiger charge is -2.43. The molecule has 0 spiro atoms. The van der Waals surface area contributed by atoms with Crippen molar-refractivity contribution >= 4 is 17.5 Å². The molecule has 1 unspecified atom stereocenters. The van der Waals surface area contributed by atoms with Crippen LogP contribution in [0.15, 0.2) is 36.7 Å². The summed E-state index contributed by atoms with van der Waals surface area (Å²) in [5, 5.41) is 9.54. The minimum atomic E-state index is -4.68. The second-order valence-corrected chi connectivity index (χ2v) is 7.40. The van der Waals surface area contributed by atoms with E-state index < -0.39 is 23.6 Å². The molecule has 8 nitrogen and oxygen atoms in total. The fraction of sp³-hybridized carbons (Fsp3) is 0.400. The second-order valence-electron chi connectivity index (χ2n) is 7.40. The molecular formula is C20H20F3N5O3. The Bertz CT molecular complexity index is 970. The van der Waals surface area contributed by atoms with Crippen LogP contribution in [0.1, 0.15) is 26.3 Å². The quantitative estimate of drug-likeness (QED) is 0.793. The van der Waals surface area contributed by atoms with Crippen LogP contribution in [0.3, 0.4) is 0 Å². The fourth-order valence-corrected chi connectivity index (χ4v) is 3.73. The van der Waals surface area contributed by atoms with Gasteiger partial charge in [0.25, 0.3) is 11.8 Å². The lowest BCUT2D eigenvalue weighted by molar-refractivity contribution is -0.137. The molecule has 0 bridgehead atoms. The van der Waals surface area contributed by atoms with Crippen molar-refractivity contribution in [2.75, 3.05) is 44.7 Å². The largest absolute Gasteiger partial charge is 0.416 e. The Morgan fingerprint density at radius 3 is 2.68 bits per heavy atom. The van der Waals surface area contributed by atoms with Gasteiger partial charge in [0, 0.05) is 37.4 Å². The third kappa shape index (κ3) is 4.83. The van der Waals surface area contributed by atoms with Crippen molar-refractivity contribution in [1.29, 1.82) is 0 Å². The normalized spacial score (nSPS) is 19.6. The summed E-state index contributed by atoms with van der Waals surface area (Å²) < 4.78 is 45.8. The summed E-state index contributed by atoms with van der Waals surface area (Å²) in [6, 6.07) is 4.28. The summed E-state index contributed by atoms with van der Waals surface area (Å²) in [6.45, 7) is 3.31. The van der Waals surface area contributed by atoms with Gasteiger partial charge >= 0.3 is 6.18 Å². The number of anilines is 1. The molecule has 0 radical (unpaired) electrons. The second kappa shape index (κ2) is 8.60. The Morgan fingerprint density at radius 1 is 1.10 bits per heavy atom. The van der Waals surface area contributed by atoms with Gasteiger partial charge in [-0.25, -0.2) is 0 Å². The van der Waals surface area contributed by atoms with E-state index in [0.29, 0.717) is 32.8 Å². The van der Waals surface area contributed by atoms with Crippen LogP contribution in [0.5, 0.6) is 0 Å². The van der Waals surface area contributed by atoms with E-state index in [1.165, 1.54) is 29.4 Å². The molecule has 0 aliphatic carbocycles. The zero-order valence-electron chi connectivity index (χ0n) is 16.4. The minimum Gasteiger partial charge on any atom is -0.378 e. The van der Waals surface area contributed by atoms with Crippen molar-refractivity contribution in [3.05, 3.63) is 53.3 Å². The predicted molar refractivity (Wildman–Crippen MR) is 104 cm³/mol. The number of ether oxygens (including phenoxy) is 1. The first-order valence-electron chi connectivity index (χ1n) is 9.72. The first kappa shape index (κ1) is 21.2. The predicted octanol–water partition coefficient (Wildman–Crippen LogP) is 1.90. The Morgan fingerprint density at radius 2 is 1.94 bits per heavy atom. The van der Waals surface area contributed by atoms with Crippen molar-refractivity contribution in [3.63, 3.8) is 0 Å². The van der Waals surface area contributed by atoms with Crippen LogP contribution in [0.2, 0.25) is 0 Å². The van der Waals surface area contributed by atoms with Gasteiger partial charge in [-0.1, -0.05) is 0 Å². The van der Waals surface area contributed by atoms with Crippen LogP contribution in [0, 0.1) is 0 Å². The first-order valence-corrected chi connectivity index (χ1v) is 9.72. The maximum absolute atomic E-state index is 13.5. The molecule has 1 N–H and O–H groups in total. The highest BCUT2D eigenvalue weighted by molar-refractivity contribution is 6.05. The zero-order valence-corrected chi connectivity index (χ0v) is 16.4. The number of carbonyl (C=O) groups is 2. The number of benzene rings is 1. The van der Waals surface area contributed by atoms with Crippen LogP contribution in [0.4, 0.5) is 18.9 Å². The number of hydrogen-bond donors (Lipinski definition) is 1. The molecule has 2 saturated heterocycles. The zero-order chi connectivity index (χ0) is 22.0. The molecule has 1 aromatic carbocycles. The number of nitrogens with one attached hydrogen (secondary N) is 1. The molecule has 2 aromatic rings. The Balaban J connectivity index is 1.58. The van der Waals surface area contributed by atoms with Crippen LogP contribution >= 0.6 is 0 Å². The van der Waals surface area contributed by atoms with E-state index in [0.717, 1.165) is 18.7 Å². The summed E-state index contributed by atoms with van der Waals surface area (Å²) in [7, 11) is 0. The van der Waals surface area contributed by atoms with Gasteiger partial charge < -0.3 is 15.0 Å². The number of aromatic nitrogens is 2. The molecule has 0 saturated carbocycles. The van der Waals surface area contributed by atoms with Gasteiger partial charge in [0.2, 0.25) is 0 Å². The number of morpholine rings is 1. The number of nitrogens with zero attached hydrogens (tertiary/aromatic N) is 4. The highest BCUT2D eigenvalue weighted by Crippen LogP contribution is 2.32. The third-order valence-corrected chi connectivity index (χ3v) is 5.34. The van der Waals surface area contributed by atoms with Crippen molar-refractivity contribution in [3.8, 4) is 0 Å². The van der Waals surface area contributed by atoms with Crippen LogP contribution in [-0.4, -0.2) is 77.2 Å². The summed E-state index contributed by atoms with van der Waals surface area (Å²) in [6.07, 6.45) is -2.19. The third-order valence-electron chi connectivity index (χ3n) is 5.34. The molecule has 1 aromatic heterocycles. The van der Waals surface area contributed by atoms with Crippen LogP contribution in [-0.2, 0) is 10.9 Å². The number of hydrogen-bond acceptors (Lipinski definition) is 6. The Labute approximate surface area is 176 Å². The molecule has 164 valence electrons. The fourth-order valence-electron chi connectivity index (χ4n) is 3.73. The number of fused-ring (bicyclic) bond motifs is 1. The minimum absolute atomic E-state index is 0.0237. The van der Waals surface area contributed by atoms with E-state index in [1.807, 2.05) is 0 Å². The average molecular weight is 435 g/mol. The van der Waals surface area contributed by atoms with E-state index in [9.17, 15) is 22.8 Å². The van der Waals surface area contributed by atoms with E-state index in [1.54, 1.807) is 0 Å². The smallest absolute Gasteiger partial charge is 0.378 e. The lowest BCUT2D eigenvalue weighted by atomic mass is 10.1. The summed E-state index contributed by atoms with van der Waals surface area (Å²) in [4.78, 5) is 29.1. The monoisotopic (exact) mass is 435 g/mol. The van der Waals surface area contributed by atoms with Gasteiger partial charge in [0.15, 0.2) is 0 Å². The SMILES string of the molecule is O=C(Nc1cc(C(=O)N2CCN3CCOCC3C2)cc(C(F)(F)F)c1)c1ccnnc1. The van der Waals surface area contributed by atoms with Gasteiger partial charge in [-0.05, 0) is 24.3 Å². The maximum atomic E-state index is 13.5. The molecule has 4 rings (SSSR count). The van der Waals surface area contributed by atoms with E-state index in [4.69, 9.17) is 4.74 Å². The molecule has 3 heterocycles. The summed E-state index contributed by atoms with van der Waals surface area (Å²) in [5.41, 5.74) is -1.14. The van der Waals surface area contributed by atoms with E-state index in [2.05, 4.69) is 20.4 Å². The van der Waals surface area contributed by atoms with Gasteiger partial charge in [0.05, 0.1) is 42.8 Å². The van der Waals surface area contributed by atoms with Crippen LogP contribution in [0.25, 0.3) is 0 Å². The molecule has 2 aliphatic rings. The molecule has 11 heteroatoms. The molecule has 2 amide bonds. The van der Waals surface area contributed by atoms with Crippen molar-refractivity contribution in [2.45, 2.75) is 12.2 Å². The molecule has 2 aliphatic heterocycles. The highest BCUT2D eigenvalue weighted by Gasteiger charge is 2.35. The summed E-state index contributed by atoms with van der Waals surface area (Å²) in [5.74, 6) is -1.17. The molecule has 31 heavy (non-hydrogen) atoms. The van der Waals surface area contributed by atoms with Crippen LogP contribution < -0.4 is 5.32 Å². The van der Waals surface area contributed by atoms with Crippen molar-refractivity contribution in [1.82, 2.24) is 20.0 Å². The van der Waals surface area contributed by atoms with Gasteiger partial charge in [-0.15, -0.1) is 0 Å². The Hall–Kier alpha value is -3.05. The molecular weight excluding hydrogens is 415 g/mol. The average Bonchev–Trinajstić information content (AvgIpc) is 2.78. The Kier molecular flexibility index (Phi) is 5.88. The van der Waals surface area contributed by atoms with E-state index >= 15 is 0 Å². The standard InChI is InChI=1S/C20H20F3N5O3/c21-20(22,23)15-7-14(8-16(9-15)26-18(29)13-1-2-24-25-10-13)19(30)28-4-3-27-5-6-31-12-17(27)11-28/h1-2,7-10,17H,3-6,11-12H2,(H,26,29). The number of carbonyl (C=O) groups excluding carboxylic acids is 2. The topological polar surface area (TPSA) is 87.7 Å². The van der Waals surface area contributed by atoms with Crippen molar-refractivity contribution in [2.24, 2.45) is 0 Å². The number of amides is 2. The summed E-state index contributed by atoms with van der Waals surface area (Å²) >= 11 is 0. The lowest BCUT2D eigenvalue weighted by Crippen LogP contribution is -2.59.